The van der Waals surface area contributed by atoms with Crippen molar-refractivity contribution in [1.29, 1.82) is 0 Å². The lowest BCUT2D eigenvalue weighted by Gasteiger charge is -2.34. The van der Waals surface area contributed by atoms with Crippen LogP contribution in [0.2, 0.25) is 0 Å². The Kier molecular flexibility index (Phi) is 8.54. The molecular formula is C30H32N4O5S2. The number of nitrogens with zero attached hydrogens (tertiary/aromatic N) is 2. The van der Waals surface area contributed by atoms with Crippen LogP contribution < -0.4 is 10.6 Å². The van der Waals surface area contributed by atoms with Crippen LogP contribution in [0.5, 0.6) is 0 Å². The Morgan fingerprint density at radius 2 is 1.76 bits per heavy atom. The molecule has 6 rings (SSSR count). The van der Waals surface area contributed by atoms with Gasteiger partial charge in [-0.1, -0.05) is 42.5 Å². The van der Waals surface area contributed by atoms with Crippen molar-refractivity contribution in [2.75, 3.05) is 24.3 Å². The average molecular weight is 593 g/mol. The van der Waals surface area contributed by atoms with E-state index in [1.807, 2.05) is 47.8 Å². The van der Waals surface area contributed by atoms with E-state index in [1.54, 1.807) is 28.8 Å². The molecule has 2 aromatic carbocycles. The van der Waals surface area contributed by atoms with Crippen molar-refractivity contribution in [3.63, 3.8) is 0 Å². The number of thiazole rings is 1. The first kappa shape index (κ1) is 27.7. The summed E-state index contributed by atoms with van der Waals surface area (Å²) >= 11 is 2.95. The number of rotatable bonds is 8. The van der Waals surface area contributed by atoms with E-state index in [0.717, 1.165) is 36.8 Å². The molecule has 1 saturated carbocycles. The lowest BCUT2D eigenvalue weighted by Crippen LogP contribution is -2.50. The molecule has 1 aliphatic carbocycles. The quantitative estimate of drug-likeness (QED) is 0.372. The Hall–Kier alpha value is -3.41. The van der Waals surface area contributed by atoms with E-state index in [9.17, 15) is 14.4 Å². The van der Waals surface area contributed by atoms with Gasteiger partial charge < -0.3 is 20.1 Å². The third-order valence-corrected chi connectivity index (χ3v) is 9.73. The zero-order valence-electron chi connectivity index (χ0n) is 22.5. The van der Waals surface area contributed by atoms with Crippen LogP contribution in [0, 0.1) is 5.92 Å². The number of nitrogens with one attached hydrogen (secondary N) is 2. The second kappa shape index (κ2) is 12.6. The SMILES string of the molecule is O=C(NC1CC1)c1ccc(-c2csc(NC(=O)C3CSC(C4CCOCC4)N3C(=O)OCc3ccccc3)n2)cc1. The molecule has 11 heteroatoms. The molecular weight excluding hydrogens is 560 g/mol. The summed E-state index contributed by atoms with van der Waals surface area (Å²) < 4.78 is 11.2. The Morgan fingerprint density at radius 1 is 1.00 bits per heavy atom. The predicted molar refractivity (Wildman–Crippen MR) is 159 cm³/mol. The molecule has 2 unspecified atom stereocenters. The van der Waals surface area contributed by atoms with Crippen LogP contribution in [0.4, 0.5) is 9.93 Å². The third kappa shape index (κ3) is 6.74. The predicted octanol–water partition coefficient (Wildman–Crippen LogP) is 5.15. The summed E-state index contributed by atoms with van der Waals surface area (Å²) in [6.45, 7) is 1.45. The number of amides is 3. The maximum absolute atomic E-state index is 13.5. The van der Waals surface area contributed by atoms with Gasteiger partial charge in [0.05, 0.1) is 11.1 Å². The number of carbonyl (C=O) groups excluding carboxylic acids is 3. The van der Waals surface area contributed by atoms with Gasteiger partial charge in [-0.05, 0) is 49.3 Å². The molecule has 3 heterocycles. The molecule has 9 nitrogen and oxygen atoms in total. The molecule has 2 aliphatic heterocycles. The van der Waals surface area contributed by atoms with Gasteiger partial charge in [0, 0.05) is 41.5 Å². The summed E-state index contributed by atoms with van der Waals surface area (Å²) in [5.41, 5.74) is 3.07. The number of carbonyl (C=O) groups is 3. The van der Waals surface area contributed by atoms with Crippen LogP contribution in [0.25, 0.3) is 11.3 Å². The van der Waals surface area contributed by atoms with E-state index in [4.69, 9.17) is 9.47 Å². The molecule has 214 valence electrons. The highest BCUT2D eigenvalue weighted by molar-refractivity contribution is 8.00. The lowest BCUT2D eigenvalue weighted by atomic mass is 9.99. The number of aromatic nitrogens is 1. The summed E-state index contributed by atoms with van der Waals surface area (Å²) in [5.74, 6) is 0.371. The van der Waals surface area contributed by atoms with Crippen LogP contribution in [-0.2, 0) is 20.9 Å². The third-order valence-electron chi connectivity index (χ3n) is 7.51. The summed E-state index contributed by atoms with van der Waals surface area (Å²) in [4.78, 5) is 45.4. The number of thioether (sulfide) groups is 1. The van der Waals surface area contributed by atoms with E-state index in [0.29, 0.717) is 41.4 Å². The molecule has 0 bridgehead atoms. The molecule has 2 saturated heterocycles. The van der Waals surface area contributed by atoms with Gasteiger partial charge in [-0.3, -0.25) is 14.5 Å². The van der Waals surface area contributed by atoms with E-state index < -0.39 is 12.1 Å². The Balaban J connectivity index is 1.12. The highest BCUT2D eigenvalue weighted by atomic mass is 32.2. The molecule has 0 spiro atoms. The van der Waals surface area contributed by atoms with Crippen LogP contribution in [0.15, 0.2) is 60.0 Å². The van der Waals surface area contributed by atoms with E-state index in [-0.39, 0.29) is 29.7 Å². The second-order valence-electron chi connectivity index (χ2n) is 10.5. The van der Waals surface area contributed by atoms with Gasteiger partial charge in [-0.2, -0.15) is 0 Å². The summed E-state index contributed by atoms with van der Waals surface area (Å²) in [5, 5.41) is 8.09. The van der Waals surface area contributed by atoms with Crippen molar-refractivity contribution in [1.82, 2.24) is 15.2 Å². The first-order valence-corrected chi connectivity index (χ1v) is 15.8. The van der Waals surface area contributed by atoms with Crippen LogP contribution >= 0.6 is 23.1 Å². The number of hydrogen-bond donors (Lipinski definition) is 2. The number of hydrogen-bond acceptors (Lipinski definition) is 8. The Labute approximate surface area is 247 Å². The van der Waals surface area contributed by atoms with Crippen molar-refractivity contribution < 1.29 is 23.9 Å². The van der Waals surface area contributed by atoms with E-state index >= 15 is 0 Å². The standard InChI is InChI=1S/C30H32N4O5S2/c35-26(31-23-10-11-23)21-8-6-20(7-9-21)24-17-41-29(32-24)33-27(36)25-18-40-28(22-12-14-38-15-13-22)34(25)30(37)39-16-19-4-2-1-3-5-19/h1-9,17,22-23,25,28H,10-16,18H2,(H,31,35)(H,32,33,36). The fourth-order valence-electron chi connectivity index (χ4n) is 5.06. The first-order chi connectivity index (χ1) is 20.0. The van der Waals surface area contributed by atoms with Gasteiger partial charge in [-0.15, -0.1) is 23.1 Å². The molecule has 2 atom stereocenters. The number of anilines is 1. The fraction of sp³-hybridized carbons (Fsp3) is 0.400. The molecule has 3 amide bonds. The zero-order valence-corrected chi connectivity index (χ0v) is 24.1. The molecule has 1 aromatic heterocycles. The molecule has 3 aliphatic rings. The topological polar surface area (TPSA) is 110 Å². The highest BCUT2D eigenvalue weighted by Gasteiger charge is 2.46. The minimum absolute atomic E-state index is 0.0642. The van der Waals surface area contributed by atoms with Crippen molar-refractivity contribution >= 4 is 46.1 Å². The second-order valence-corrected chi connectivity index (χ2v) is 12.5. The van der Waals surface area contributed by atoms with Crippen LogP contribution in [-0.4, -0.2) is 64.2 Å². The minimum atomic E-state index is -0.673. The molecule has 41 heavy (non-hydrogen) atoms. The average Bonchev–Trinajstić information content (AvgIpc) is 3.51. The Bertz CT molecular complexity index is 1370. The summed E-state index contributed by atoms with van der Waals surface area (Å²) in [7, 11) is 0. The van der Waals surface area contributed by atoms with Crippen molar-refractivity contribution in [3.05, 3.63) is 71.1 Å². The summed E-state index contributed by atoms with van der Waals surface area (Å²) in [6, 6.07) is 16.5. The normalized spacial score (nSPS) is 20.9. The monoisotopic (exact) mass is 592 g/mol. The van der Waals surface area contributed by atoms with Crippen molar-refractivity contribution in [3.8, 4) is 11.3 Å². The maximum atomic E-state index is 13.5. The molecule has 3 fully saturated rings. The zero-order chi connectivity index (χ0) is 28.2. The van der Waals surface area contributed by atoms with Gasteiger partial charge in [0.2, 0.25) is 5.91 Å². The van der Waals surface area contributed by atoms with Gasteiger partial charge in [0.15, 0.2) is 5.13 Å². The van der Waals surface area contributed by atoms with Crippen molar-refractivity contribution in [2.45, 2.75) is 49.7 Å². The fourth-order valence-corrected chi connectivity index (χ4v) is 7.41. The van der Waals surface area contributed by atoms with E-state index in [1.165, 1.54) is 11.3 Å². The number of benzene rings is 2. The van der Waals surface area contributed by atoms with Crippen molar-refractivity contribution in [2.24, 2.45) is 5.92 Å². The number of ether oxygens (including phenoxy) is 2. The van der Waals surface area contributed by atoms with Gasteiger partial charge in [0.1, 0.15) is 12.6 Å². The van der Waals surface area contributed by atoms with Gasteiger partial charge >= 0.3 is 6.09 Å². The van der Waals surface area contributed by atoms with Gasteiger partial charge in [0.25, 0.3) is 5.91 Å². The molecule has 0 radical (unpaired) electrons. The smallest absolute Gasteiger partial charge is 0.411 e. The largest absolute Gasteiger partial charge is 0.445 e. The lowest BCUT2D eigenvalue weighted by molar-refractivity contribution is -0.120. The minimum Gasteiger partial charge on any atom is -0.445 e. The molecule has 2 N–H and O–H groups in total. The summed E-state index contributed by atoms with van der Waals surface area (Å²) in [6.07, 6.45) is 3.27. The van der Waals surface area contributed by atoms with Crippen LogP contribution in [0.1, 0.15) is 41.6 Å². The van der Waals surface area contributed by atoms with Gasteiger partial charge in [-0.25, -0.2) is 9.78 Å². The maximum Gasteiger partial charge on any atom is 0.411 e. The Morgan fingerprint density at radius 3 is 2.49 bits per heavy atom. The highest BCUT2D eigenvalue weighted by Crippen LogP contribution is 2.39. The van der Waals surface area contributed by atoms with E-state index in [2.05, 4.69) is 15.6 Å². The first-order valence-electron chi connectivity index (χ1n) is 13.9. The molecule has 3 aromatic rings. The van der Waals surface area contributed by atoms with Crippen LogP contribution in [0.3, 0.4) is 0 Å².